The topological polar surface area (TPSA) is 87.6 Å². The molecule has 0 atom stereocenters. The summed E-state index contributed by atoms with van der Waals surface area (Å²) in [5, 5.41) is 6.23. The Bertz CT molecular complexity index is 1400. The van der Waals surface area contributed by atoms with Gasteiger partial charge in [-0.3, -0.25) is 0 Å². The van der Waals surface area contributed by atoms with Crippen LogP contribution in [-0.2, 0) is 12.8 Å². The summed E-state index contributed by atoms with van der Waals surface area (Å²) in [6.45, 7) is 6.61. The molecule has 0 N–H and O–H groups in total. The molecule has 1 saturated heterocycles. The number of piperazine rings is 1. The van der Waals surface area contributed by atoms with Crippen LogP contribution in [0.3, 0.4) is 0 Å². The van der Waals surface area contributed by atoms with Gasteiger partial charge in [0.2, 0.25) is 11.5 Å². The molecule has 12 heteroatoms. The van der Waals surface area contributed by atoms with Crippen molar-refractivity contribution in [2.24, 2.45) is 0 Å². The molecule has 2 aromatic heterocycles. The smallest absolute Gasteiger partial charge is 0.203 e. The van der Waals surface area contributed by atoms with E-state index in [9.17, 15) is 0 Å². The van der Waals surface area contributed by atoms with Crippen molar-refractivity contribution >= 4 is 22.7 Å². The van der Waals surface area contributed by atoms with Crippen LogP contribution in [0.1, 0.15) is 24.2 Å². The Morgan fingerprint density at radius 1 is 0.543 bits per heavy atom. The second-order valence-corrected chi connectivity index (χ2v) is 12.7. The first-order chi connectivity index (χ1) is 22.5. The average molecular weight is 669 g/mol. The molecule has 0 bridgehead atoms. The molecule has 2 aromatic carbocycles. The van der Waals surface area contributed by atoms with Crippen LogP contribution in [0.2, 0.25) is 0 Å². The molecule has 0 amide bonds. The van der Waals surface area contributed by atoms with Gasteiger partial charge in [-0.2, -0.15) is 0 Å². The summed E-state index contributed by atoms with van der Waals surface area (Å²) in [4.78, 5) is 15.0. The second kappa shape index (κ2) is 16.3. The summed E-state index contributed by atoms with van der Waals surface area (Å²) in [5.74, 6) is 3.73. The van der Waals surface area contributed by atoms with Gasteiger partial charge in [-0.05, 0) is 63.0 Å². The lowest BCUT2D eigenvalue weighted by atomic mass is 10.2. The molecule has 0 aliphatic carbocycles. The van der Waals surface area contributed by atoms with Crippen molar-refractivity contribution in [1.29, 1.82) is 0 Å². The Labute approximate surface area is 279 Å². The molecule has 1 aliphatic heterocycles. The van der Waals surface area contributed by atoms with Crippen LogP contribution in [0.5, 0.6) is 34.5 Å². The van der Waals surface area contributed by atoms with Gasteiger partial charge in [-0.25, -0.2) is 9.97 Å². The minimum Gasteiger partial charge on any atom is -0.493 e. The first-order valence-corrected chi connectivity index (χ1v) is 17.2. The number of ether oxygens (including phenoxy) is 6. The molecule has 1 fully saturated rings. The Balaban J connectivity index is 1.03. The van der Waals surface area contributed by atoms with Gasteiger partial charge in [0.25, 0.3) is 0 Å². The average Bonchev–Trinajstić information content (AvgIpc) is 3.78. The fourth-order valence-corrected chi connectivity index (χ4v) is 7.41. The zero-order valence-electron chi connectivity index (χ0n) is 27.6. The first-order valence-electron chi connectivity index (χ1n) is 15.4. The number of benzene rings is 2. The maximum absolute atomic E-state index is 5.51. The van der Waals surface area contributed by atoms with Gasteiger partial charge in [0.05, 0.1) is 54.0 Å². The molecule has 0 saturated carbocycles. The molecular weight excluding hydrogens is 625 g/mol. The van der Waals surface area contributed by atoms with E-state index in [-0.39, 0.29) is 0 Å². The number of nitrogens with zero attached hydrogens (tertiary/aromatic N) is 4. The predicted octanol–water partition coefficient (Wildman–Crippen LogP) is 6.17. The molecule has 0 unspecified atom stereocenters. The van der Waals surface area contributed by atoms with Crippen LogP contribution in [0.15, 0.2) is 35.0 Å². The molecule has 46 heavy (non-hydrogen) atoms. The van der Waals surface area contributed by atoms with Crippen molar-refractivity contribution in [2.45, 2.75) is 25.7 Å². The molecule has 4 aromatic rings. The highest BCUT2D eigenvalue weighted by Gasteiger charge is 2.19. The van der Waals surface area contributed by atoms with Crippen LogP contribution in [-0.4, -0.2) is 102 Å². The zero-order valence-corrected chi connectivity index (χ0v) is 29.2. The maximum atomic E-state index is 5.51. The standard InChI is InChI=1S/C34H44N4O6S2/c1-39-27-17-23(18-28(40-2)31(27)43-5)33-35-25(21-45-33)9-7-11-37-13-15-38(16-14-37)12-8-10-26-22-46-34(36-26)24-19-29(41-3)32(44-6)30(20-24)42-4/h17-22H,7-16H2,1-6H3. The van der Waals surface area contributed by atoms with Gasteiger partial charge < -0.3 is 38.2 Å². The van der Waals surface area contributed by atoms with Crippen molar-refractivity contribution in [3.63, 3.8) is 0 Å². The minimum atomic E-state index is 0.591. The summed E-state index contributed by atoms with van der Waals surface area (Å²) in [7, 11) is 9.75. The minimum absolute atomic E-state index is 0.591. The van der Waals surface area contributed by atoms with Crippen LogP contribution in [0.25, 0.3) is 21.1 Å². The lowest BCUT2D eigenvalue weighted by Gasteiger charge is -2.34. The van der Waals surface area contributed by atoms with E-state index in [1.54, 1.807) is 65.3 Å². The lowest BCUT2D eigenvalue weighted by molar-refractivity contribution is 0.130. The molecule has 1 aliphatic rings. The number of thiazole rings is 2. The summed E-state index contributed by atoms with van der Waals surface area (Å²) < 4.78 is 33.0. The number of aromatic nitrogens is 2. The van der Waals surface area contributed by atoms with E-state index in [0.29, 0.717) is 34.5 Å². The van der Waals surface area contributed by atoms with E-state index in [2.05, 4.69) is 20.6 Å². The van der Waals surface area contributed by atoms with Crippen molar-refractivity contribution in [1.82, 2.24) is 19.8 Å². The van der Waals surface area contributed by atoms with E-state index >= 15 is 0 Å². The molecule has 0 spiro atoms. The molecular formula is C34H44N4O6S2. The number of aryl methyl sites for hydroxylation is 2. The predicted molar refractivity (Wildman–Crippen MR) is 184 cm³/mol. The maximum Gasteiger partial charge on any atom is 0.203 e. The summed E-state index contributed by atoms with van der Waals surface area (Å²) in [6, 6.07) is 7.82. The highest BCUT2D eigenvalue weighted by atomic mass is 32.1. The van der Waals surface area contributed by atoms with E-state index in [1.807, 2.05) is 24.3 Å². The molecule has 3 heterocycles. The number of hydrogen-bond donors (Lipinski definition) is 0. The van der Waals surface area contributed by atoms with Crippen molar-refractivity contribution in [2.75, 3.05) is 81.9 Å². The van der Waals surface area contributed by atoms with Gasteiger partial charge in [-0.1, -0.05) is 0 Å². The van der Waals surface area contributed by atoms with Crippen molar-refractivity contribution < 1.29 is 28.4 Å². The third-order valence-corrected chi connectivity index (χ3v) is 10.1. The summed E-state index contributed by atoms with van der Waals surface area (Å²) in [6.07, 6.45) is 4.12. The summed E-state index contributed by atoms with van der Waals surface area (Å²) in [5.41, 5.74) is 4.19. The van der Waals surface area contributed by atoms with E-state index in [0.717, 1.165) is 97.5 Å². The molecule has 0 radical (unpaired) electrons. The number of rotatable bonds is 16. The lowest BCUT2D eigenvalue weighted by Crippen LogP contribution is -2.46. The Morgan fingerprint density at radius 2 is 0.891 bits per heavy atom. The second-order valence-electron chi connectivity index (χ2n) is 11.0. The highest BCUT2D eigenvalue weighted by Crippen LogP contribution is 2.43. The Kier molecular flexibility index (Phi) is 12.0. The molecule has 10 nitrogen and oxygen atoms in total. The largest absolute Gasteiger partial charge is 0.493 e. The SMILES string of the molecule is COc1cc(-c2nc(CCCN3CCN(CCCc4csc(-c5cc(OC)c(OC)c(OC)c5)n4)CC3)cs2)cc(OC)c1OC. The van der Waals surface area contributed by atoms with Crippen LogP contribution < -0.4 is 28.4 Å². The number of hydrogen-bond acceptors (Lipinski definition) is 12. The first kappa shape index (κ1) is 33.8. The van der Waals surface area contributed by atoms with E-state index in [1.165, 1.54) is 0 Å². The molecule has 248 valence electrons. The number of methoxy groups -OCH3 is 6. The van der Waals surface area contributed by atoms with Gasteiger partial charge in [0.15, 0.2) is 23.0 Å². The van der Waals surface area contributed by atoms with Gasteiger partial charge in [0.1, 0.15) is 10.0 Å². The van der Waals surface area contributed by atoms with Crippen molar-refractivity contribution in [3.8, 4) is 55.6 Å². The molecule has 5 rings (SSSR count). The fraction of sp³-hybridized carbons (Fsp3) is 0.471. The fourth-order valence-electron chi connectivity index (χ4n) is 5.72. The Morgan fingerprint density at radius 3 is 1.20 bits per heavy atom. The highest BCUT2D eigenvalue weighted by molar-refractivity contribution is 7.13. The van der Waals surface area contributed by atoms with E-state index in [4.69, 9.17) is 38.4 Å². The quantitative estimate of drug-likeness (QED) is 0.138. The normalized spacial score (nSPS) is 13.9. The van der Waals surface area contributed by atoms with E-state index < -0.39 is 0 Å². The van der Waals surface area contributed by atoms with Gasteiger partial charge in [0, 0.05) is 48.1 Å². The van der Waals surface area contributed by atoms with Crippen LogP contribution in [0, 0.1) is 0 Å². The monoisotopic (exact) mass is 668 g/mol. The van der Waals surface area contributed by atoms with Crippen molar-refractivity contribution in [3.05, 3.63) is 46.4 Å². The zero-order chi connectivity index (χ0) is 32.5. The summed E-state index contributed by atoms with van der Waals surface area (Å²) >= 11 is 3.30. The third-order valence-electron chi connectivity index (χ3n) is 8.21. The van der Waals surface area contributed by atoms with Crippen LogP contribution in [0.4, 0.5) is 0 Å². The third kappa shape index (κ3) is 8.03. The Hall–Kier alpha value is -3.58. The van der Waals surface area contributed by atoms with Crippen LogP contribution >= 0.6 is 22.7 Å². The van der Waals surface area contributed by atoms with Gasteiger partial charge in [-0.15, -0.1) is 22.7 Å². The van der Waals surface area contributed by atoms with Gasteiger partial charge >= 0.3 is 0 Å².